The summed E-state index contributed by atoms with van der Waals surface area (Å²) in [4.78, 5) is 1.07. The summed E-state index contributed by atoms with van der Waals surface area (Å²) >= 11 is 9.65. The lowest BCUT2D eigenvalue weighted by molar-refractivity contribution is 1.03. The summed E-state index contributed by atoms with van der Waals surface area (Å²) in [5, 5.41) is 6.17. The molecule has 0 saturated carbocycles. The number of rotatable bonds is 2. The molecule has 1 rings (SSSR count). The van der Waals surface area contributed by atoms with Gasteiger partial charge in [0.15, 0.2) is 5.11 Å². The molecule has 0 amide bonds. The van der Waals surface area contributed by atoms with E-state index in [9.17, 15) is 0 Å². The van der Waals surface area contributed by atoms with Crippen LogP contribution in [0.5, 0.6) is 0 Å². The van der Waals surface area contributed by atoms with Crippen molar-refractivity contribution in [2.75, 3.05) is 0 Å². The van der Waals surface area contributed by atoms with Crippen LogP contribution < -0.4 is 11.2 Å². The molecular weight excluding hydrogens is 270 g/mol. The standard InChI is InChI=1S/C7H8BrN3S2/c1-4(10-11-7(9)12)6-5(8)2-3-13-6/h2-3H,1H3,(H3,9,11,12)/b10-4+. The fourth-order valence-corrected chi connectivity index (χ4v) is 2.40. The molecule has 0 fully saturated rings. The van der Waals surface area contributed by atoms with E-state index in [0.29, 0.717) is 0 Å². The van der Waals surface area contributed by atoms with Gasteiger partial charge >= 0.3 is 0 Å². The van der Waals surface area contributed by atoms with Gasteiger partial charge in [-0.05, 0) is 46.5 Å². The zero-order chi connectivity index (χ0) is 9.84. The van der Waals surface area contributed by atoms with Crippen LogP contribution in [0.3, 0.4) is 0 Å². The molecule has 0 radical (unpaired) electrons. The quantitative estimate of drug-likeness (QED) is 0.494. The van der Waals surface area contributed by atoms with Crippen LogP contribution in [0.15, 0.2) is 21.0 Å². The number of hydrazone groups is 1. The highest BCUT2D eigenvalue weighted by atomic mass is 79.9. The normalized spacial score (nSPS) is 11.4. The van der Waals surface area contributed by atoms with Crippen molar-refractivity contribution in [2.45, 2.75) is 6.92 Å². The van der Waals surface area contributed by atoms with Crippen LogP contribution >= 0.6 is 39.5 Å². The van der Waals surface area contributed by atoms with Gasteiger partial charge in [0.25, 0.3) is 0 Å². The van der Waals surface area contributed by atoms with Crippen molar-refractivity contribution in [3.05, 3.63) is 20.8 Å². The van der Waals surface area contributed by atoms with Gasteiger partial charge in [0, 0.05) is 4.47 Å². The Morgan fingerprint density at radius 3 is 2.92 bits per heavy atom. The van der Waals surface area contributed by atoms with E-state index in [1.807, 2.05) is 18.4 Å². The monoisotopic (exact) mass is 277 g/mol. The molecule has 0 saturated heterocycles. The average Bonchev–Trinajstić information content (AvgIpc) is 2.47. The van der Waals surface area contributed by atoms with E-state index in [1.54, 1.807) is 11.3 Å². The van der Waals surface area contributed by atoms with Gasteiger partial charge in [-0.25, -0.2) is 0 Å². The summed E-state index contributed by atoms with van der Waals surface area (Å²) in [5.41, 5.74) is 8.64. The van der Waals surface area contributed by atoms with Gasteiger partial charge in [-0.3, -0.25) is 5.43 Å². The van der Waals surface area contributed by atoms with Crippen LogP contribution in [0.25, 0.3) is 0 Å². The van der Waals surface area contributed by atoms with E-state index in [4.69, 9.17) is 5.73 Å². The fraction of sp³-hybridized carbons (Fsp3) is 0.143. The second-order valence-electron chi connectivity index (χ2n) is 2.27. The van der Waals surface area contributed by atoms with Crippen molar-refractivity contribution in [3.63, 3.8) is 0 Å². The van der Waals surface area contributed by atoms with E-state index in [0.717, 1.165) is 15.1 Å². The molecule has 0 atom stereocenters. The van der Waals surface area contributed by atoms with Crippen LogP contribution in [0.1, 0.15) is 11.8 Å². The van der Waals surface area contributed by atoms with Crippen molar-refractivity contribution < 1.29 is 0 Å². The lowest BCUT2D eigenvalue weighted by atomic mass is 10.3. The Labute approximate surface area is 94.1 Å². The van der Waals surface area contributed by atoms with E-state index in [2.05, 4.69) is 38.7 Å². The number of nitrogens with two attached hydrogens (primary N) is 1. The molecule has 0 aliphatic heterocycles. The van der Waals surface area contributed by atoms with Gasteiger partial charge in [0.05, 0.1) is 10.6 Å². The Morgan fingerprint density at radius 1 is 1.77 bits per heavy atom. The van der Waals surface area contributed by atoms with E-state index in [-0.39, 0.29) is 5.11 Å². The zero-order valence-corrected chi connectivity index (χ0v) is 10.1. The molecule has 70 valence electrons. The first kappa shape index (κ1) is 10.6. The van der Waals surface area contributed by atoms with Gasteiger partial charge in [0.2, 0.25) is 0 Å². The third-order valence-corrected chi connectivity index (χ3v) is 3.32. The minimum absolute atomic E-state index is 0.173. The number of halogens is 1. The zero-order valence-electron chi connectivity index (χ0n) is 6.87. The van der Waals surface area contributed by atoms with Crippen molar-refractivity contribution in [3.8, 4) is 0 Å². The Bertz CT molecular complexity index is 345. The molecule has 0 spiro atoms. The molecule has 0 aliphatic carbocycles. The van der Waals surface area contributed by atoms with E-state index >= 15 is 0 Å². The number of hydrogen-bond donors (Lipinski definition) is 2. The SMILES string of the molecule is C/C(=N\NC(N)=S)c1sccc1Br. The maximum atomic E-state index is 5.24. The largest absolute Gasteiger partial charge is 0.375 e. The van der Waals surface area contributed by atoms with Gasteiger partial charge in [-0.15, -0.1) is 11.3 Å². The highest BCUT2D eigenvalue weighted by Crippen LogP contribution is 2.22. The number of nitrogens with one attached hydrogen (secondary N) is 1. The van der Waals surface area contributed by atoms with Crippen molar-refractivity contribution in [2.24, 2.45) is 10.8 Å². The summed E-state index contributed by atoms with van der Waals surface area (Å²) in [6.45, 7) is 1.89. The molecule has 0 unspecified atom stereocenters. The lowest BCUT2D eigenvalue weighted by Gasteiger charge is -1.99. The van der Waals surface area contributed by atoms with Crippen molar-refractivity contribution in [1.82, 2.24) is 5.43 Å². The smallest absolute Gasteiger partial charge is 0.184 e. The topological polar surface area (TPSA) is 50.4 Å². The number of hydrogen-bond acceptors (Lipinski definition) is 3. The van der Waals surface area contributed by atoms with E-state index in [1.165, 1.54) is 0 Å². The van der Waals surface area contributed by atoms with Crippen molar-refractivity contribution >= 4 is 50.3 Å². The van der Waals surface area contributed by atoms with Crippen LogP contribution in [0, 0.1) is 0 Å². The molecule has 0 aliphatic rings. The summed E-state index contributed by atoms with van der Waals surface area (Å²) in [5.74, 6) is 0. The Kier molecular flexibility index (Phi) is 3.83. The summed E-state index contributed by atoms with van der Waals surface area (Å²) in [6.07, 6.45) is 0. The molecule has 6 heteroatoms. The fourth-order valence-electron chi connectivity index (χ4n) is 0.742. The molecule has 3 nitrogen and oxygen atoms in total. The number of thiocarbonyl (C=S) groups is 1. The van der Waals surface area contributed by atoms with Crippen molar-refractivity contribution in [1.29, 1.82) is 0 Å². The highest BCUT2D eigenvalue weighted by molar-refractivity contribution is 9.10. The molecule has 1 aromatic heterocycles. The first-order chi connectivity index (χ1) is 6.11. The third-order valence-electron chi connectivity index (χ3n) is 1.28. The highest BCUT2D eigenvalue weighted by Gasteiger charge is 2.03. The minimum atomic E-state index is 0.173. The first-order valence-electron chi connectivity index (χ1n) is 3.44. The molecule has 13 heavy (non-hydrogen) atoms. The summed E-state index contributed by atoms with van der Waals surface area (Å²) in [6, 6.07) is 1.97. The Hall–Kier alpha value is -0.460. The predicted molar refractivity (Wildman–Crippen MR) is 64.2 cm³/mol. The third kappa shape index (κ3) is 3.06. The van der Waals surface area contributed by atoms with Gasteiger partial charge < -0.3 is 5.73 Å². The molecule has 0 bridgehead atoms. The molecule has 1 heterocycles. The second-order valence-corrected chi connectivity index (χ2v) is 4.48. The summed E-state index contributed by atoms with van der Waals surface area (Å²) in [7, 11) is 0. The summed E-state index contributed by atoms with van der Waals surface area (Å²) < 4.78 is 1.03. The average molecular weight is 278 g/mol. The van der Waals surface area contributed by atoms with Crippen LogP contribution in [0.2, 0.25) is 0 Å². The maximum Gasteiger partial charge on any atom is 0.184 e. The predicted octanol–water partition coefficient (Wildman–Crippen LogP) is 2.07. The molecular formula is C7H8BrN3S2. The van der Waals surface area contributed by atoms with Crippen LogP contribution in [0.4, 0.5) is 0 Å². The number of nitrogens with zero attached hydrogens (tertiary/aromatic N) is 1. The number of thiophene rings is 1. The minimum Gasteiger partial charge on any atom is -0.375 e. The lowest BCUT2D eigenvalue weighted by Crippen LogP contribution is -2.25. The molecule has 1 aromatic rings. The van der Waals surface area contributed by atoms with Crippen LogP contribution in [-0.2, 0) is 0 Å². The van der Waals surface area contributed by atoms with Gasteiger partial charge in [-0.2, -0.15) is 5.10 Å². The molecule has 0 aromatic carbocycles. The Morgan fingerprint density at radius 2 is 2.46 bits per heavy atom. The molecule has 3 N–H and O–H groups in total. The van der Waals surface area contributed by atoms with Gasteiger partial charge in [0.1, 0.15) is 0 Å². The van der Waals surface area contributed by atoms with Gasteiger partial charge in [-0.1, -0.05) is 0 Å². The van der Waals surface area contributed by atoms with Crippen LogP contribution in [-0.4, -0.2) is 10.8 Å². The second kappa shape index (κ2) is 4.69. The van der Waals surface area contributed by atoms with E-state index < -0.39 is 0 Å². The first-order valence-corrected chi connectivity index (χ1v) is 5.52. The Balaban J connectivity index is 2.78. The maximum absolute atomic E-state index is 5.24.